The van der Waals surface area contributed by atoms with E-state index in [0.717, 1.165) is 0 Å². The molecule has 0 unspecified atom stereocenters. The highest BCUT2D eigenvalue weighted by Gasteiger charge is 2.29. The summed E-state index contributed by atoms with van der Waals surface area (Å²) in [7, 11) is 1.69. The summed E-state index contributed by atoms with van der Waals surface area (Å²) in [5.41, 5.74) is 0.528. The van der Waals surface area contributed by atoms with Crippen molar-refractivity contribution in [3.05, 3.63) is 52.1 Å². The standard InChI is InChI=1S/C23H29N7O5/c1-23(2,3)35-22(34)29-7-5-14(6-8-29)16-9-19(32)27-20-15(10-26-30(16)20)21(33)25-12-18(31)17-11-24-13-28(17)4/h9-11,13-14H,5-8,12H2,1-4H3,(H,25,33)(H,27,32). The molecule has 4 rings (SSSR count). The monoisotopic (exact) mass is 483 g/mol. The molecule has 12 nitrogen and oxygen atoms in total. The number of ketones is 1. The normalized spacial score (nSPS) is 14.8. The van der Waals surface area contributed by atoms with Gasteiger partial charge in [0.1, 0.15) is 22.5 Å². The van der Waals surface area contributed by atoms with Gasteiger partial charge in [-0.1, -0.05) is 0 Å². The smallest absolute Gasteiger partial charge is 0.410 e. The molecule has 12 heteroatoms. The lowest BCUT2D eigenvalue weighted by molar-refractivity contribution is 0.0203. The maximum atomic E-state index is 12.8. The predicted octanol–water partition coefficient (Wildman–Crippen LogP) is 1.48. The second-order valence-corrected chi connectivity index (χ2v) is 9.61. The van der Waals surface area contributed by atoms with Crippen LogP contribution in [0.2, 0.25) is 0 Å². The fourth-order valence-electron chi connectivity index (χ4n) is 4.13. The molecular formula is C23H29N7O5. The van der Waals surface area contributed by atoms with Crippen molar-refractivity contribution < 1.29 is 19.1 Å². The molecule has 1 saturated heterocycles. The van der Waals surface area contributed by atoms with E-state index in [1.54, 1.807) is 21.0 Å². The number of H-pyrrole nitrogens is 1. The van der Waals surface area contributed by atoms with Crippen LogP contribution < -0.4 is 10.9 Å². The number of aryl methyl sites for hydroxylation is 1. The first-order valence-corrected chi connectivity index (χ1v) is 11.4. The summed E-state index contributed by atoms with van der Waals surface area (Å²) in [4.78, 5) is 58.2. The van der Waals surface area contributed by atoms with E-state index in [1.165, 1.54) is 24.8 Å². The van der Waals surface area contributed by atoms with E-state index < -0.39 is 11.5 Å². The highest BCUT2D eigenvalue weighted by atomic mass is 16.6. The number of aromatic nitrogens is 5. The van der Waals surface area contributed by atoms with Crippen molar-refractivity contribution in [2.24, 2.45) is 7.05 Å². The van der Waals surface area contributed by atoms with Gasteiger partial charge in [0.2, 0.25) is 0 Å². The van der Waals surface area contributed by atoms with Gasteiger partial charge in [-0.25, -0.2) is 14.3 Å². The summed E-state index contributed by atoms with van der Waals surface area (Å²) in [6.45, 7) is 6.22. The molecule has 3 aromatic rings. The van der Waals surface area contributed by atoms with Crippen LogP contribution in [0.25, 0.3) is 5.65 Å². The van der Waals surface area contributed by atoms with Gasteiger partial charge in [-0.15, -0.1) is 0 Å². The van der Waals surface area contributed by atoms with E-state index in [9.17, 15) is 19.2 Å². The Balaban J connectivity index is 1.48. The molecule has 0 saturated carbocycles. The van der Waals surface area contributed by atoms with Gasteiger partial charge in [0.25, 0.3) is 11.5 Å². The van der Waals surface area contributed by atoms with Crippen molar-refractivity contribution in [3.63, 3.8) is 0 Å². The van der Waals surface area contributed by atoms with E-state index in [1.807, 2.05) is 20.8 Å². The highest BCUT2D eigenvalue weighted by molar-refractivity contribution is 6.03. The molecule has 1 aliphatic rings. The average molecular weight is 484 g/mol. The second kappa shape index (κ2) is 9.35. The van der Waals surface area contributed by atoms with E-state index in [4.69, 9.17) is 4.74 Å². The third-order valence-electron chi connectivity index (χ3n) is 5.86. The lowest BCUT2D eigenvalue weighted by atomic mass is 9.93. The van der Waals surface area contributed by atoms with Crippen LogP contribution in [-0.2, 0) is 11.8 Å². The third kappa shape index (κ3) is 5.26. The number of carbonyl (C=O) groups excluding carboxylic acids is 3. The topological polar surface area (TPSA) is 144 Å². The first-order chi connectivity index (χ1) is 16.5. The summed E-state index contributed by atoms with van der Waals surface area (Å²) in [6.07, 6.45) is 5.20. The number of aromatic amines is 1. The van der Waals surface area contributed by atoms with Gasteiger partial charge in [-0.05, 0) is 33.6 Å². The zero-order valence-electron chi connectivity index (χ0n) is 20.2. The van der Waals surface area contributed by atoms with Crippen LogP contribution >= 0.6 is 0 Å². The minimum atomic E-state index is -0.568. The van der Waals surface area contributed by atoms with Crippen molar-refractivity contribution in [3.8, 4) is 0 Å². The number of nitrogens with one attached hydrogen (secondary N) is 2. The van der Waals surface area contributed by atoms with Gasteiger partial charge in [-0.2, -0.15) is 5.10 Å². The van der Waals surface area contributed by atoms with E-state index in [2.05, 4.69) is 20.4 Å². The Morgan fingerprint density at radius 3 is 2.54 bits per heavy atom. The van der Waals surface area contributed by atoms with Crippen LogP contribution in [0.1, 0.15) is 66.1 Å². The largest absolute Gasteiger partial charge is 0.444 e. The Bertz CT molecular complexity index is 1320. The van der Waals surface area contributed by atoms with Crippen molar-refractivity contribution in [2.75, 3.05) is 19.6 Å². The molecule has 4 heterocycles. The molecule has 0 radical (unpaired) electrons. The number of imidazole rings is 1. The van der Waals surface area contributed by atoms with Gasteiger partial charge in [0, 0.05) is 32.1 Å². The number of carbonyl (C=O) groups is 3. The van der Waals surface area contributed by atoms with Crippen LogP contribution in [0, 0.1) is 0 Å². The zero-order valence-corrected chi connectivity index (χ0v) is 20.2. The van der Waals surface area contributed by atoms with E-state index in [-0.39, 0.29) is 41.1 Å². The molecule has 0 spiro atoms. The number of likely N-dealkylation sites (tertiary alicyclic amines) is 1. The molecule has 1 fully saturated rings. The molecule has 3 aromatic heterocycles. The summed E-state index contributed by atoms with van der Waals surface area (Å²) < 4.78 is 8.57. The summed E-state index contributed by atoms with van der Waals surface area (Å²) in [6, 6.07) is 1.47. The molecule has 35 heavy (non-hydrogen) atoms. The molecule has 0 aliphatic carbocycles. The number of hydrogen-bond donors (Lipinski definition) is 2. The zero-order chi connectivity index (χ0) is 25.3. The van der Waals surface area contributed by atoms with Crippen molar-refractivity contribution in [1.82, 2.24) is 34.4 Å². The van der Waals surface area contributed by atoms with E-state index in [0.29, 0.717) is 37.3 Å². The Hall–Kier alpha value is -3.96. The number of fused-ring (bicyclic) bond motifs is 1. The summed E-state index contributed by atoms with van der Waals surface area (Å²) in [5.74, 6) is -0.843. The maximum absolute atomic E-state index is 12.8. The van der Waals surface area contributed by atoms with Gasteiger partial charge in [0.05, 0.1) is 31.0 Å². The van der Waals surface area contributed by atoms with Crippen molar-refractivity contribution in [2.45, 2.75) is 45.1 Å². The minimum absolute atomic E-state index is 0.0271. The summed E-state index contributed by atoms with van der Waals surface area (Å²) >= 11 is 0. The number of rotatable bonds is 5. The molecule has 0 atom stereocenters. The number of piperidine rings is 1. The molecule has 2 amide bonds. The van der Waals surface area contributed by atoms with Gasteiger partial charge in [-0.3, -0.25) is 14.4 Å². The number of ether oxygens (including phenoxy) is 1. The predicted molar refractivity (Wildman–Crippen MR) is 125 cm³/mol. The van der Waals surface area contributed by atoms with Crippen molar-refractivity contribution in [1.29, 1.82) is 0 Å². The Labute approximate surface area is 201 Å². The minimum Gasteiger partial charge on any atom is -0.444 e. The molecule has 186 valence electrons. The lowest BCUT2D eigenvalue weighted by Crippen LogP contribution is -2.41. The Morgan fingerprint density at radius 1 is 1.20 bits per heavy atom. The number of nitrogens with zero attached hydrogens (tertiary/aromatic N) is 5. The second-order valence-electron chi connectivity index (χ2n) is 9.61. The average Bonchev–Trinajstić information content (AvgIpc) is 3.42. The molecule has 1 aliphatic heterocycles. The Kier molecular flexibility index (Phi) is 6.46. The summed E-state index contributed by atoms with van der Waals surface area (Å²) in [5, 5.41) is 6.92. The van der Waals surface area contributed by atoms with Gasteiger partial charge in [0.15, 0.2) is 5.78 Å². The van der Waals surface area contributed by atoms with Crippen LogP contribution in [-0.4, -0.2) is 72.1 Å². The van der Waals surface area contributed by atoms with Gasteiger partial charge >= 0.3 is 6.09 Å². The van der Waals surface area contributed by atoms with Gasteiger partial charge < -0.3 is 24.5 Å². The third-order valence-corrected chi connectivity index (χ3v) is 5.86. The number of amides is 2. The SMILES string of the molecule is Cn1cncc1C(=O)CNC(=O)c1cnn2c(C3CCN(C(=O)OC(C)(C)C)CC3)cc(=O)[nH]c12. The quantitative estimate of drug-likeness (QED) is 0.523. The first kappa shape index (κ1) is 24.2. The first-order valence-electron chi connectivity index (χ1n) is 11.4. The highest BCUT2D eigenvalue weighted by Crippen LogP contribution is 2.28. The number of hydrogen-bond acceptors (Lipinski definition) is 7. The van der Waals surface area contributed by atoms with Crippen LogP contribution in [0.4, 0.5) is 4.79 Å². The molecular weight excluding hydrogens is 454 g/mol. The molecule has 0 aromatic carbocycles. The van der Waals surface area contributed by atoms with Crippen LogP contribution in [0.15, 0.2) is 29.6 Å². The van der Waals surface area contributed by atoms with Crippen LogP contribution in [0.3, 0.4) is 0 Å². The van der Waals surface area contributed by atoms with E-state index >= 15 is 0 Å². The fourth-order valence-corrected chi connectivity index (χ4v) is 4.13. The fraction of sp³-hybridized carbons (Fsp3) is 0.478. The molecule has 2 N–H and O–H groups in total. The van der Waals surface area contributed by atoms with Crippen molar-refractivity contribution >= 4 is 23.4 Å². The van der Waals surface area contributed by atoms with Crippen LogP contribution in [0.5, 0.6) is 0 Å². The lowest BCUT2D eigenvalue weighted by Gasteiger charge is -2.33. The molecule has 0 bridgehead atoms. The number of Topliss-reactive ketones (excluding diaryl/α,β-unsaturated/α-hetero) is 1. The maximum Gasteiger partial charge on any atom is 0.410 e. The Morgan fingerprint density at radius 2 is 1.91 bits per heavy atom.